The molecule has 0 radical (unpaired) electrons. The number of hydrogen-bond donors (Lipinski definition) is 1. The Morgan fingerprint density at radius 3 is 2.67 bits per heavy atom. The van der Waals surface area contributed by atoms with Gasteiger partial charge < -0.3 is 9.52 Å². The molecule has 15 heavy (non-hydrogen) atoms. The van der Waals surface area contributed by atoms with Crippen LogP contribution in [0.1, 0.15) is 11.7 Å². The van der Waals surface area contributed by atoms with Crippen molar-refractivity contribution in [2.45, 2.75) is 13.3 Å². The molecule has 3 nitrogen and oxygen atoms in total. The number of aliphatic hydroxyl groups is 1. The molecule has 0 amide bonds. The lowest BCUT2D eigenvalue weighted by molar-refractivity contribution is 0.287. The highest BCUT2D eigenvalue weighted by Gasteiger charge is 2.11. The first-order valence-electron chi connectivity index (χ1n) is 4.94. The van der Waals surface area contributed by atoms with Crippen LogP contribution in [-0.4, -0.2) is 16.7 Å². The minimum absolute atomic E-state index is 0.0778. The molecule has 3 heteroatoms. The van der Waals surface area contributed by atoms with E-state index in [4.69, 9.17) is 9.52 Å². The maximum atomic E-state index is 8.91. The number of aryl methyl sites for hydroxylation is 1. The lowest BCUT2D eigenvalue weighted by atomic mass is 10.1. The van der Waals surface area contributed by atoms with Gasteiger partial charge in [-0.1, -0.05) is 30.3 Å². The van der Waals surface area contributed by atoms with Crippen molar-refractivity contribution in [1.82, 2.24) is 4.98 Å². The van der Waals surface area contributed by atoms with Crippen molar-refractivity contribution in [1.29, 1.82) is 0 Å². The van der Waals surface area contributed by atoms with Crippen LogP contribution in [-0.2, 0) is 6.42 Å². The Balaban J connectivity index is 2.43. The third kappa shape index (κ3) is 2.07. The zero-order chi connectivity index (χ0) is 10.7. The van der Waals surface area contributed by atoms with Crippen LogP contribution in [0.5, 0.6) is 0 Å². The first-order valence-corrected chi connectivity index (χ1v) is 4.94. The SMILES string of the molecule is Cc1nc(-c2ccccc2)c(CCO)o1. The van der Waals surface area contributed by atoms with Crippen LogP contribution in [0.2, 0.25) is 0 Å². The summed E-state index contributed by atoms with van der Waals surface area (Å²) in [5.74, 6) is 1.39. The molecule has 0 unspecified atom stereocenters. The predicted molar refractivity (Wildman–Crippen MR) is 57.5 cm³/mol. The molecule has 1 aromatic heterocycles. The zero-order valence-electron chi connectivity index (χ0n) is 8.60. The van der Waals surface area contributed by atoms with Crippen molar-refractivity contribution in [2.24, 2.45) is 0 Å². The standard InChI is InChI=1S/C12H13NO2/c1-9-13-12(11(15-9)7-8-14)10-5-3-2-4-6-10/h2-6,14H,7-8H2,1H3. The molecule has 0 saturated carbocycles. The molecule has 1 N–H and O–H groups in total. The average Bonchev–Trinajstić information content (AvgIpc) is 2.62. The maximum Gasteiger partial charge on any atom is 0.191 e. The highest BCUT2D eigenvalue weighted by Crippen LogP contribution is 2.23. The smallest absolute Gasteiger partial charge is 0.191 e. The van der Waals surface area contributed by atoms with E-state index < -0.39 is 0 Å². The fourth-order valence-corrected chi connectivity index (χ4v) is 1.56. The van der Waals surface area contributed by atoms with Crippen molar-refractivity contribution in [3.8, 4) is 11.3 Å². The number of oxazole rings is 1. The lowest BCUT2D eigenvalue weighted by Crippen LogP contribution is -1.91. The van der Waals surface area contributed by atoms with E-state index in [1.165, 1.54) is 0 Å². The third-order valence-electron chi connectivity index (χ3n) is 2.19. The second-order valence-electron chi connectivity index (χ2n) is 3.34. The Morgan fingerprint density at radius 2 is 2.00 bits per heavy atom. The monoisotopic (exact) mass is 203 g/mol. The van der Waals surface area contributed by atoms with Crippen LogP contribution in [0.25, 0.3) is 11.3 Å². The summed E-state index contributed by atoms with van der Waals surface area (Å²) < 4.78 is 5.44. The number of nitrogens with zero attached hydrogens (tertiary/aromatic N) is 1. The normalized spacial score (nSPS) is 10.5. The van der Waals surface area contributed by atoms with Crippen molar-refractivity contribution >= 4 is 0 Å². The van der Waals surface area contributed by atoms with E-state index in [0.717, 1.165) is 17.0 Å². The Hall–Kier alpha value is -1.61. The summed E-state index contributed by atoms with van der Waals surface area (Å²) in [6, 6.07) is 9.85. The van der Waals surface area contributed by atoms with E-state index in [0.29, 0.717) is 12.3 Å². The van der Waals surface area contributed by atoms with Crippen molar-refractivity contribution in [2.75, 3.05) is 6.61 Å². The Morgan fingerprint density at radius 1 is 1.27 bits per heavy atom. The fraction of sp³-hybridized carbons (Fsp3) is 0.250. The average molecular weight is 203 g/mol. The second kappa shape index (κ2) is 4.28. The largest absolute Gasteiger partial charge is 0.445 e. The molecule has 0 aliphatic carbocycles. The maximum absolute atomic E-state index is 8.91. The summed E-state index contributed by atoms with van der Waals surface area (Å²) in [5, 5.41) is 8.91. The molecule has 0 aliphatic heterocycles. The van der Waals surface area contributed by atoms with Gasteiger partial charge in [0.1, 0.15) is 11.5 Å². The molecule has 2 aromatic rings. The lowest BCUT2D eigenvalue weighted by Gasteiger charge is -1.98. The molecule has 0 bridgehead atoms. The zero-order valence-corrected chi connectivity index (χ0v) is 8.60. The summed E-state index contributed by atoms with van der Waals surface area (Å²) >= 11 is 0. The molecule has 0 fully saturated rings. The van der Waals surface area contributed by atoms with Gasteiger partial charge in [-0.15, -0.1) is 0 Å². The van der Waals surface area contributed by atoms with Crippen LogP contribution in [0.3, 0.4) is 0 Å². The van der Waals surface area contributed by atoms with Gasteiger partial charge in [0.25, 0.3) is 0 Å². The predicted octanol–water partition coefficient (Wildman–Crippen LogP) is 2.18. The first kappa shape index (κ1) is 9.93. The van der Waals surface area contributed by atoms with E-state index in [1.807, 2.05) is 37.3 Å². The van der Waals surface area contributed by atoms with Gasteiger partial charge in [-0.25, -0.2) is 4.98 Å². The molecular formula is C12H13NO2. The highest BCUT2D eigenvalue weighted by atomic mass is 16.4. The van der Waals surface area contributed by atoms with E-state index in [-0.39, 0.29) is 6.61 Å². The Bertz CT molecular complexity index is 434. The Labute approximate surface area is 88.4 Å². The Kier molecular flexibility index (Phi) is 2.83. The van der Waals surface area contributed by atoms with Crippen molar-refractivity contribution < 1.29 is 9.52 Å². The molecule has 0 atom stereocenters. The third-order valence-corrected chi connectivity index (χ3v) is 2.19. The van der Waals surface area contributed by atoms with E-state index in [1.54, 1.807) is 0 Å². The van der Waals surface area contributed by atoms with Gasteiger partial charge >= 0.3 is 0 Å². The van der Waals surface area contributed by atoms with Gasteiger partial charge in [-0.05, 0) is 0 Å². The molecule has 1 heterocycles. The summed E-state index contributed by atoms with van der Waals surface area (Å²) in [7, 11) is 0. The summed E-state index contributed by atoms with van der Waals surface area (Å²) in [5.41, 5.74) is 1.86. The molecule has 0 saturated heterocycles. The molecule has 0 spiro atoms. The number of hydrogen-bond acceptors (Lipinski definition) is 3. The first-order chi connectivity index (χ1) is 7.31. The molecule has 0 aliphatic rings. The van der Waals surface area contributed by atoms with E-state index in [2.05, 4.69) is 4.98 Å². The minimum atomic E-state index is 0.0778. The molecular weight excluding hydrogens is 190 g/mol. The number of rotatable bonds is 3. The quantitative estimate of drug-likeness (QED) is 0.831. The van der Waals surface area contributed by atoms with Gasteiger partial charge in [-0.3, -0.25) is 0 Å². The van der Waals surface area contributed by atoms with Crippen molar-refractivity contribution in [3.05, 3.63) is 42.0 Å². The van der Waals surface area contributed by atoms with E-state index >= 15 is 0 Å². The summed E-state index contributed by atoms with van der Waals surface area (Å²) in [4.78, 5) is 4.32. The molecule has 78 valence electrons. The number of benzene rings is 1. The van der Waals surface area contributed by atoms with Crippen LogP contribution in [0.15, 0.2) is 34.7 Å². The van der Waals surface area contributed by atoms with Gasteiger partial charge in [0.15, 0.2) is 5.89 Å². The topological polar surface area (TPSA) is 46.3 Å². The molecule has 2 rings (SSSR count). The summed E-state index contributed by atoms with van der Waals surface area (Å²) in [6.45, 7) is 1.89. The van der Waals surface area contributed by atoms with Crippen molar-refractivity contribution in [3.63, 3.8) is 0 Å². The van der Waals surface area contributed by atoms with Gasteiger partial charge in [0.05, 0.1) is 6.61 Å². The van der Waals surface area contributed by atoms with Gasteiger partial charge in [0, 0.05) is 18.9 Å². The fourth-order valence-electron chi connectivity index (χ4n) is 1.56. The number of aromatic nitrogens is 1. The van der Waals surface area contributed by atoms with Crippen LogP contribution in [0, 0.1) is 6.92 Å². The van der Waals surface area contributed by atoms with Gasteiger partial charge in [-0.2, -0.15) is 0 Å². The second-order valence-corrected chi connectivity index (χ2v) is 3.34. The van der Waals surface area contributed by atoms with Crippen LogP contribution >= 0.6 is 0 Å². The van der Waals surface area contributed by atoms with E-state index in [9.17, 15) is 0 Å². The summed E-state index contributed by atoms with van der Waals surface area (Å²) in [6.07, 6.45) is 0.505. The minimum Gasteiger partial charge on any atom is -0.445 e. The van der Waals surface area contributed by atoms with Gasteiger partial charge in [0.2, 0.25) is 0 Å². The van der Waals surface area contributed by atoms with Crippen LogP contribution < -0.4 is 0 Å². The molecule has 1 aromatic carbocycles. The van der Waals surface area contributed by atoms with Crippen LogP contribution in [0.4, 0.5) is 0 Å². The number of aliphatic hydroxyl groups excluding tert-OH is 1. The highest BCUT2D eigenvalue weighted by molar-refractivity contribution is 5.61.